The lowest BCUT2D eigenvalue weighted by molar-refractivity contribution is 0.102. The van der Waals surface area contributed by atoms with Gasteiger partial charge in [0, 0.05) is 50.7 Å². The van der Waals surface area contributed by atoms with Gasteiger partial charge in [-0.15, -0.1) is 0 Å². The highest BCUT2D eigenvalue weighted by molar-refractivity contribution is 5.18. The average Bonchev–Trinajstić information content (AvgIpc) is 2.42. The highest BCUT2D eigenvalue weighted by Crippen LogP contribution is 2.20. The first-order chi connectivity index (χ1) is 8.74. The Morgan fingerprint density at radius 1 is 1.28 bits per heavy atom. The van der Waals surface area contributed by atoms with E-state index in [0.717, 1.165) is 38.4 Å². The molecule has 18 heavy (non-hydrogen) atoms. The predicted molar refractivity (Wildman–Crippen MR) is 74.5 cm³/mol. The molecular formula is C14H24N4. The summed E-state index contributed by atoms with van der Waals surface area (Å²) in [5, 5.41) is 0. The average molecular weight is 248 g/mol. The van der Waals surface area contributed by atoms with Crippen LogP contribution in [0.4, 0.5) is 0 Å². The van der Waals surface area contributed by atoms with Crippen molar-refractivity contribution in [2.75, 3.05) is 39.3 Å². The second-order valence-electron chi connectivity index (χ2n) is 4.95. The van der Waals surface area contributed by atoms with Gasteiger partial charge in [-0.3, -0.25) is 9.88 Å². The summed E-state index contributed by atoms with van der Waals surface area (Å²) in [7, 11) is 0. The number of aromatic nitrogens is 1. The van der Waals surface area contributed by atoms with Crippen LogP contribution in [0.25, 0.3) is 0 Å². The van der Waals surface area contributed by atoms with E-state index in [1.165, 1.54) is 5.56 Å². The molecule has 1 aliphatic heterocycles. The summed E-state index contributed by atoms with van der Waals surface area (Å²) in [6.45, 7) is 10.5. The van der Waals surface area contributed by atoms with Gasteiger partial charge in [0.1, 0.15) is 0 Å². The summed E-state index contributed by atoms with van der Waals surface area (Å²) in [6, 6.07) is 4.55. The summed E-state index contributed by atoms with van der Waals surface area (Å²) in [5.74, 6) is 0. The van der Waals surface area contributed by atoms with Crippen LogP contribution >= 0.6 is 0 Å². The van der Waals surface area contributed by atoms with Crippen LogP contribution in [-0.2, 0) is 0 Å². The molecule has 1 aromatic rings. The molecule has 2 rings (SSSR count). The van der Waals surface area contributed by atoms with Crippen molar-refractivity contribution in [2.24, 2.45) is 5.73 Å². The first-order valence-electron chi connectivity index (χ1n) is 6.83. The lowest BCUT2D eigenvalue weighted by atomic mass is 10.1. The van der Waals surface area contributed by atoms with Crippen LogP contribution in [0.1, 0.15) is 24.2 Å². The van der Waals surface area contributed by atoms with E-state index in [1.54, 1.807) is 0 Å². The molecule has 0 spiro atoms. The minimum Gasteiger partial charge on any atom is -0.329 e. The molecule has 1 unspecified atom stereocenters. The first kappa shape index (κ1) is 13.5. The summed E-state index contributed by atoms with van der Waals surface area (Å²) in [4.78, 5) is 9.35. The number of nitrogens with two attached hydrogens (primary N) is 1. The topological polar surface area (TPSA) is 45.4 Å². The third-order valence-electron chi connectivity index (χ3n) is 3.84. The second kappa shape index (κ2) is 6.27. The summed E-state index contributed by atoms with van der Waals surface area (Å²) < 4.78 is 0. The largest absolute Gasteiger partial charge is 0.329 e. The predicted octanol–water partition coefficient (Wildman–Crippen LogP) is 1.03. The molecule has 0 aliphatic carbocycles. The number of piperazine rings is 1. The molecular weight excluding hydrogens is 224 g/mol. The number of hydrogen-bond donors (Lipinski definition) is 1. The normalized spacial score (nSPS) is 19.9. The van der Waals surface area contributed by atoms with Crippen molar-refractivity contribution in [3.63, 3.8) is 0 Å². The lowest BCUT2D eigenvalue weighted by Crippen LogP contribution is -2.48. The van der Waals surface area contributed by atoms with E-state index in [2.05, 4.69) is 33.8 Å². The van der Waals surface area contributed by atoms with Gasteiger partial charge in [0.05, 0.1) is 0 Å². The molecule has 1 atom stereocenters. The van der Waals surface area contributed by atoms with E-state index in [-0.39, 0.29) is 0 Å². The van der Waals surface area contributed by atoms with Crippen molar-refractivity contribution < 1.29 is 0 Å². The minimum absolute atomic E-state index is 0.317. The molecule has 4 nitrogen and oxygen atoms in total. The number of pyridine rings is 1. The van der Waals surface area contributed by atoms with E-state index in [9.17, 15) is 0 Å². The molecule has 2 heterocycles. The fourth-order valence-electron chi connectivity index (χ4n) is 2.56. The van der Waals surface area contributed by atoms with Gasteiger partial charge < -0.3 is 10.6 Å². The molecule has 0 saturated carbocycles. The standard InChI is InChI=1S/C14H24N4/c1-3-17-6-8-18(9-7-17)14(10-15)13-5-4-12(2)16-11-13/h4-5,11,14H,3,6-10,15H2,1-2H3. The van der Waals surface area contributed by atoms with Gasteiger partial charge in [-0.25, -0.2) is 0 Å². The van der Waals surface area contributed by atoms with Crippen LogP contribution in [0.5, 0.6) is 0 Å². The van der Waals surface area contributed by atoms with Crippen LogP contribution in [0.2, 0.25) is 0 Å². The van der Waals surface area contributed by atoms with Crippen molar-refractivity contribution in [2.45, 2.75) is 19.9 Å². The summed E-state index contributed by atoms with van der Waals surface area (Å²) >= 11 is 0. The molecule has 0 bridgehead atoms. The Bertz CT molecular complexity index is 355. The van der Waals surface area contributed by atoms with E-state index in [0.29, 0.717) is 12.6 Å². The van der Waals surface area contributed by atoms with E-state index in [1.807, 2.05) is 13.1 Å². The molecule has 1 aliphatic rings. The number of aryl methyl sites for hydroxylation is 1. The molecule has 4 heteroatoms. The highest BCUT2D eigenvalue weighted by Gasteiger charge is 2.23. The number of nitrogens with zero attached hydrogens (tertiary/aromatic N) is 3. The van der Waals surface area contributed by atoms with Crippen molar-refractivity contribution >= 4 is 0 Å². The van der Waals surface area contributed by atoms with Gasteiger partial charge in [-0.2, -0.15) is 0 Å². The van der Waals surface area contributed by atoms with E-state index in [4.69, 9.17) is 5.73 Å². The van der Waals surface area contributed by atoms with E-state index >= 15 is 0 Å². The van der Waals surface area contributed by atoms with Gasteiger partial charge in [0.25, 0.3) is 0 Å². The van der Waals surface area contributed by atoms with Crippen molar-refractivity contribution in [3.05, 3.63) is 29.6 Å². The summed E-state index contributed by atoms with van der Waals surface area (Å²) in [5.41, 5.74) is 8.26. The molecule has 1 saturated heterocycles. The zero-order chi connectivity index (χ0) is 13.0. The van der Waals surface area contributed by atoms with Crippen molar-refractivity contribution in [3.8, 4) is 0 Å². The molecule has 0 aromatic carbocycles. The molecule has 0 amide bonds. The van der Waals surface area contributed by atoms with Crippen LogP contribution in [0, 0.1) is 6.92 Å². The third kappa shape index (κ3) is 3.07. The van der Waals surface area contributed by atoms with Crippen LogP contribution < -0.4 is 5.73 Å². The maximum absolute atomic E-state index is 5.96. The Morgan fingerprint density at radius 3 is 2.50 bits per heavy atom. The summed E-state index contributed by atoms with van der Waals surface area (Å²) in [6.07, 6.45) is 1.97. The maximum Gasteiger partial charge on any atom is 0.0486 e. The fraction of sp³-hybridized carbons (Fsp3) is 0.643. The minimum atomic E-state index is 0.317. The smallest absolute Gasteiger partial charge is 0.0486 e. The molecule has 1 fully saturated rings. The van der Waals surface area contributed by atoms with Crippen molar-refractivity contribution in [1.82, 2.24) is 14.8 Å². The van der Waals surface area contributed by atoms with E-state index < -0.39 is 0 Å². The molecule has 100 valence electrons. The zero-order valence-electron chi connectivity index (χ0n) is 11.5. The van der Waals surface area contributed by atoms with Gasteiger partial charge in [-0.05, 0) is 25.1 Å². The Labute approximate surface area is 110 Å². The second-order valence-corrected chi connectivity index (χ2v) is 4.95. The molecule has 1 aromatic heterocycles. The first-order valence-corrected chi connectivity index (χ1v) is 6.83. The Hall–Kier alpha value is -0.970. The van der Waals surface area contributed by atoms with Gasteiger partial charge >= 0.3 is 0 Å². The number of hydrogen-bond acceptors (Lipinski definition) is 4. The van der Waals surface area contributed by atoms with Gasteiger partial charge in [0.2, 0.25) is 0 Å². The number of likely N-dealkylation sites (N-methyl/N-ethyl adjacent to an activating group) is 1. The Balaban J connectivity index is 2.03. The van der Waals surface area contributed by atoms with Crippen LogP contribution in [0.15, 0.2) is 18.3 Å². The van der Waals surface area contributed by atoms with Gasteiger partial charge in [-0.1, -0.05) is 13.0 Å². The SMILES string of the molecule is CCN1CCN(C(CN)c2ccc(C)nc2)CC1. The van der Waals surface area contributed by atoms with Crippen LogP contribution in [0.3, 0.4) is 0 Å². The maximum atomic E-state index is 5.96. The lowest BCUT2D eigenvalue weighted by Gasteiger charge is -2.38. The Morgan fingerprint density at radius 2 is 2.00 bits per heavy atom. The highest BCUT2D eigenvalue weighted by atomic mass is 15.3. The zero-order valence-corrected chi connectivity index (χ0v) is 11.5. The van der Waals surface area contributed by atoms with Crippen molar-refractivity contribution in [1.29, 1.82) is 0 Å². The number of rotatable bonds is 4. The third-order valence-corrected chi connectivity index (χ3v) is 3.84. The fourth-order valence-corrected chi connectivity index (χ4v) is 2.56. The quantitative estimate of drug-likeness (QED) is 0.864. The van der Waals surface area contributed by atoms with Crippen LogP contribution in [-0.4, -0.2) is 54.1 Å². The molecule has 2 N–H and O–H groups in total. The monoisotopic (exact) mass is 248 g/mol. The Kier molecular flexibility index (Phi) is 4.69. The van der Waals surface area contributed by atoms with Gasteiger partial charge in [0.15, 0.2) is 0 Å². The molecule has 0 radical (unpaired) electrons.